The maximum atomic E-state index is 12.9. The first kappa shape index (κ1) is 22.4. The second-order valence-electron chi connectivity index (χ2n) is 7.23. The van der Waals surface area contributed by atoms with Crippen molar-refractivity contribution in [2.24, 2.45) is 0 Å². The van der Waals surface area contributed by atoms with E-state index in [0.717, 1.165) is 16.7 Å². The largest absolute Gasteiger partial charge is 0.417 e. The molecular formula is C26H20ClF2N3O. The lowest BCUT2D eigenvalue weighted by atomic mass is 9.76. The lowest BCUT2D eigenvalue weighted by Crippen LogP contribution is -2.38. The average molecular weight is 464 g/mol. The van der Waals surface area contributed by atoms with Gasteiger partial charge in [0.1, 0.15) is 10.7 Å². The van der Waals surface area contributed by atoms with Crippen LogP contribution in [-0.4, -0.2) is 17.5 Å². The van der Waals surface area contributed by atoms with E-state index in [2.05, 4.69) is 15.0 Å². The normalized spacial score (nSPS) is 11.3. The fraction of sp³-hybridized carbons (Fsp3) is 0.0769. The molecule has 0 aliphatic rings. The molecule has 166 valence electrons. The van der Waals surface area contributed by atoms with Crippen LogP contribution in [0.25, 0.3) is 0 Å². The van der Waals surface area contributed by atoms with E-state index in [4.69, 9.17) is 17.0 Å². The van der Waals surface area contributed by atoms with Crippen molar-refractivity contribution in [1.29, 1.82) is 5.41 Å². The van der Waals surface area contributed by atoms with Gasteiger partial charge in [0.25, 0.3) is 0 Å². The zero-order valence-electron chi connectivity index (χ0n) is 17.4. The van der Waals surface area contributed by atoms with Gasteiger partial charge in [-0.1, -0.05) is 103 Å². The highest BCUT2D eigenvalue weighted by Gasteiger charge is 2.37. The summed E-state index contributed by atoms with van der Waals surface area (Å²) in [6.45, 7) is -3.14. The van der Waals surface area contributed by atoms with Crippen LogP contribution < -0.4 is 5.32 Å². The minimum absolute atomic E-state index is 0.0619. The Morgan fingerprint density at radius 1 is 0.848 bits per heavy atom. The van der Waals surface area contributed by atoms with E-state index in [-0.39, 0.29) is 10.7 Å². The first-order chi connectivity index (χ1) is 16.0. The molecule has 1 aromatic heterocycles. The van der Waals surface area contributed by atoms with Crippen molar-refractivity contribution in [2.75, 3.05) is 5.32 Å². The van der Waals surface area contributed by atoms with Crippen LogP contribution in [0.4, 0.5) is 14.5 Å². The van der Waals surface area contributed by atoms with E-state index in [1.54, 1.807) is 0 Å². The van der Waals surface area contributed by atoms with E-state index in [1.807, 2.05) is 91.0 Å². The number of ether oxygens (including phenoxy) is 1. The van der Waals surface area contributed by atoms with Crippen LogP contribution in [0.15, 0.2) is 103 Å². The summed E-state index contributed by atoms with van der Waals surface area (Å²) in [5, 5.41) is 11.7. The van der Waals surface area contributed by atoms with E-state index in [1.165, 1.54) is 12.3 Å². The highest BCUT2D eigenvalue weighted by molar-refractivity contribution is 6.29. The van der Waals surface area contributed by atoms with Gasteiger partial charge in [0.2, 0.25) is 5.90 Å². The number of pyridine rings is 1. The van der Waals surface area contributed by atoms with Crippen LogP contribution in [0.1, 0.15) is 22.3 Å². The quantitative estimate of drug-likeness (QED) is 0.139. The number of nitrogens with one attached hydrogen (secondary N) is 2. The Morgan fingerprint density at radius 3 is 1.73 bits per heavy atom. The molecule has 0 unspecified atom stereocenters. The topological polar surface area (TPSA) is 58.0 Å². The predicted octanol–water partition coefficient (Wildman–Crippen LogP) is 6.70. The molecule has 0 saturated carbocycles. The highest BCUT2D eigenvalue weighted by atomic mass is 35.5. The van der Waals surface area contributed by atoms with Crippen LogP contribution >= 0.6 is 11.6 Å². The first-order valence-corrected chi connectivity index (χ1v) is 10.5. The Kier molecular flexibility index (Phi) is 6.66. The molecule has 0 aliphatic carbocycles. The monoisotopic (exact) mass is 463 g/mol. The first-order valence-electron chi connectivity index (χ1n) is 10.1. The van der Waals surface area contributed by atoms with Gasteiger partial charge in [-0.05, 0) is 22.8 Å². The number of rotatable bonds is 7. The second kappa shape index (κ2) is 9.79. The minimum Gasteiger partial charge on any atom is -0.417 e. The minimum atomic E-state index is -3.14. The molecule has 0 atom stereocenters. The molecule has 4 nitrogen and oxygen atoms in total. The van der Waals surface area contributed by atoms with Gasteiger partial charge < -0.3 is 10.1 Å². The van der Waals surface area contributed by atoms with Crippen molar-refractivity contribution >= 4 is 23.2 Å². The van der Waals surface area contributed by atoms with Crippen molar-refractivity contribution in [2.45, 2.75) is 12.2 Å². The number of hydrogen-bond acceptors (Lipinski definition) is 4. The molecule has 0 radical (unpaired) electrons. The summed E-state index contributed by atoms with van der Waals surface area (Å²) >= 11 is 6.18. The van der Waals surface area contributed by atoms with E-state index in [0.29, 0.717) is 5.69 Å². The molecule has 0 amide bonds. The SMILES string of the molecule is N=C(OC(F)F)c1cnc(Cl)cc1NC(c1ccccc1)(c1ccccc1)c1ccccc1. The molecule has 0 bridgehead atoms. The average Bonchev–Trinajstić information content (AvgIpc) is 2.84. The van der Waals surface area contributed by atoms with Gasteiger partial charge in [0.15, 0.2) is 0 Å². The van der Waals surface area contributed by atoms with Gasteiger partial charge in [-0.15, -0.1) is 0 Å². The highest BCUT2D eigenvalue weighted by Crippen LogP contribution is 2.41. The van der Waals surface area contributed by atoms with Crippen molar-refractivity contribution in [3.63, 3.8) is 0 Å². The molecule has 0 spiro atoms. The Bertz CT molecular complexity index is 1130. The third-order valence-electron chi connectivity index (χ3n) is 5.26. The zero-order chi connectivity index (χ0) is 23.3. The summed E-state index contributed by atoms with van der Waals surface area (Å²) in [6, 6.07) is 30.7. The molecular weight excluding hydrogens is 444 g/mol. The maximum Gasteiger partial charge on any atom is 0.388 e. The number of aromatic nitrogens is 1. The van der Waals surface area contributed by atoms with Crippen LogP contribution in [0.3, 0.4) is 0 Å². The summed E-state index contributed by atoms with van der Waals surface area (Å²) in [6.07, 6.45) is 1.25. The van der Waals surface area contributed by atoms with Crippen LogP contribution in [0.2, 0.25) is 5.15 Å². The Labute approximate surface area is 195 Å². The summed E-state index contributed by atoms with van der Waals surface area (Å²) < 4.78 is 30.1. The summed E-state index contributed by atoms with van der Waals surface area (Å²) in [7, 11) is 0. The molecule has 0 fully saturated rings. The summed E-state index contributed by atoms with van der Waals surface area (Å²) in [5.74, 6) is -0.709. The molecule has 3 aromatic carbocycles. The number of alkyl halides is 2. The Hall–Kier alpha value is -3.77. The second-order valence-corrected chi connectivity index (χ2v) is 7.62. The van der Waals surface area contributed by atoms with Crippen molar-refractivity contribution in [3.8, 4) is 0 Å². The smallest absolute Gasteiger partial charge is 0.388 e. The molecule has 1 heterocycles. The van der Waals surface area contributed by atoms with Crippen LogP contribution in [0.5, 0.6) is 0 Å². The summed E-state index contributed by atoms with van der Waals surface area (Å²) in [5.41, 5.74) is 2.17. The number of hydrogen-bond donors (Lipinski definition) is 2. The molecule has 0 saturated heterocycles. The number of anilines is 1. The van der Waals surface area contributed by atoms with Gasteiger partial charge >= 0.3 is 6.61 Å². The van der Waals surface area contributed by atoms with Gasteiger partial charge in [-0.2, -0.15) is 8.78 Å². The van der Waals surface area contributed by atoms with Crippen LogP contribution in [0, 0.1) is 5.41 Å². The predicted molar refractivity (Wildman–Crippen MR) is 126 cm³/mol. The lowest BCUT2D eigenvalue weighted by Gasteiger charge is -2.38. The lowest BCUT2D eigenvalue weighted by molar-refractivity contribution is -0.0603. The van der Waals surface area contributed by atoms with Gasteiger partial charge in [0.05, 0.1) is 11.3 Å². The summed E-state index contributed by atoms with van der Waals surface area (Å²) in [4.78, 5) is 3.98. The number of halogens is 3. The van der Waals surface area contributed by atoms with Gasteiger partial charge in [-0.25, -0.2) is 4.98 Å². The third-order valence-corrected chi connectivity index (χ3v) is 5.47. The molecule has 33 heavy (non-hydrogen) atoms. The molecule has 4 rings (SSSR count). The molecule has 2 N–H and O–H groups in total. The van der Waals surface area contributed by atoms with E-state index in [9.17, 15) is 8.78 Å². The standard InChI is InChI=1S/C26H20ClF2N3O/c27-23-16-22(21(17-31-23)24(30)33-25(28)29)32-26(18-10-4-1-5-11-18,19-12-6-2-7-13-19)20-14-8-3-9-15-20/h1-17,25,30H,(H,31,32). The number of benzene rings is 3. The fourth-order valence-electron chi connectivity index (χ4n) is 3.85. The Balaban J connectivity index is 1.98. The number of nitrogens with zero attached hydrogens (tertiary/aromatic N) is 1. The van der Waals surface area contributed by atoms with Crippen molar-refractivity contribution < 1.29 is 13.5 Å². The van der Waals surface area contributed by atoms with Gasteiger partial charge in [-0.3, -0.25) is 5.41 Å². The van der Waals surface area contributed by atoms with Crippen LogP contribution in [-0.2, 0) is 10.3 Å². The van der Waals surface area contributed by atoms with E-state index < -0.39 is 18.0 Å². The molecule has 4 aromatic rings. The fourth-order valence-corrected chi connectivity index (χ4v) is 4.01. The maximum absolute atomic E-state index is 12.9. The molecule has 0 aliphatic heterocycles. The zero-order valence-corrected chi connectivity index (χ0v) is 18.1. The van der Waals surface area contributed by atoms with Gasteiger partial charge in [0, 0.05) is 6.20 Å². The molecule has 7 heteroatoms. The third kappa shape index (κ3) is 4.71. The Morgan fingerprint density at radius 2 is 1.30 bits per heavy atom. The van der Waals surface area contributed by atoms with Crippen molar-refractivity contribution in [3.05, 3.63) is 131 Å². The van der Waals surface area contributed by atoms with E-state index >= 15 is 0 Å². The van der Waals surface area contributed by atoms with Crippen molar-refractivity contribution in [1.82, 2.24) is 4.98 Å².